The molecule has 0 saturated heterocycles. The summed E-state index contributed by atoms with van der Waals surface area (Å²) < 4.78 is 12.6. The number of fused-ring (bicyclic) bond motifs is 1. The molecule has 0 bridgehead atoms. The fourth-order valence-electron chi connectivity index (χ4n) is 4.17. The Morgan fingerprint density at radius 1 is 0.769 bits per heavy atom. The van der Waals surface area contributed by atoms with Crippen molar-refractivity contribution in [1.29, 1.82) is 0 Å². The summed E-state index contributed by atoms with van der Waals surface area (Å²) >= 11 is 0. The highest BCUT2D eigenvalue weighted by atomic mass is 16.5. The van der Waals surface area contributed by atoms with Crippen molar-refractivity contribution in [3.8, 4) is 22.9 Å². The maximum Gasteiger partial charge on any atom is 0.263 e. The van der Waals surface area contributed by atoms with Crippen LogP contribution in [0.2, 0.25) is 0 Å². The standard InChI is InChI=1S/C31H25N3O5/c1-38-28-14-8-7-13-27(28)34-20-26(24-11-5-6-12-25(24)31(34)37)30(36)32-19-29(35)33-21-15-17-23(18-16-21)39-22-9-3-2-4-10-22/h2-18,20H,19H2,1H3,(H,32,36)(H,33,35). The molecule has 0 saturated carbocycles. The Morgan fingerprint density at radius 2 is 1.41 bits per heavy atom. The number of anilines is 1. The van der Waals surface area contributed by atoms with E-state index in [-0.39, 0.29) is 17.7 Å². The SMILES string of the molecule is COc1ccccc1-n1cc(C(=O)NCC(=O)Nc2ccc(Oc3ccccc3)cc2)c2ccccc2c1=O. The summed E-state index contributed by atoms with van der Waals surface area (Å²) in [5.41, 5.74) is 1.03. The van der Waals surface area contributed by atoms with Gasteiger partial charge in [0.15, 0.2) is 0 Å². The second-order valence-corrected chi connectivity index (χ2v) is 8.61. The number of carbonyl (C=O) groups is 2. The first-order chi connectivity index (χ1) is 19.0. The largest absolute Gasteiger partial charge is 0.495 e. The molecule has 0 radical (unpaired) electrons. The van der Waals surface area contributed by atoms with Crippen molar-refractivity contribution in [1.82, 2.24) is 9.88 Å². The zero-order chi connectivity index (χ0) is 27.2. The number of ether oxygens (including phenoxy) is 2. The van der Waals surface area contributed by atoms with Gasteiger partial charge in [0.05, 0.1) is 24.9 Å². The minimum absolute atomic E-state index is 0.256. The maximum absolute atomic E-state index is 13.3. The van der Waals surface area contributed by atoms with Crippen molar-refractivity contribution in [2.45, 2.75) is 0 Å². The van der Waals surface area contributed by atoms with Gasteiger partial charge in [-0.15, -0.1) is 0 Å². The number of nitrogens with zero attached hydrogens (tertiary/aromatic N) is 1. The molecule has 39 heavy (non-hydrogen) atoms. The van der Waals surface area contributed by atoms with E-state index < -0.39 is 11.8 Å². The van der Waals surface area contributed by atoms with E-state index in [2.05, 4.69) is 10.6 Å². The van der Waals surface area contributed by atoms with Gasteiger partial charge >= 0.3 is 0 Å². The molecule has 0 atom stereocenters. The van der Waals surface area contributed by atoms with Crippen molar-refractivity contribution < 1.29 is 19.1 Å². The first-order valence-electron chi connectivity index (χ1n) is 12.2. The van der Waals surface area contributed by atoms with E-state index in [1.54, 1.807) is 72.8 Å². The highest BCUT2D eigenvalue weighted by molar-refractivity contribution is 6.08. The van der Waals surface area contributed by atoms with Crippen molar-refractivity contribution in [2.24, 2.45) is 0 Å². The average Bonchev–Trinajstić information content (AvgIpc) is 2.98. The zero-order valence-electron chi connectivity index (χ0n) is 21.1. The lowest BCUT2D eigenvalue weighted by molar-refractivity contribution is -0.115. The fourth-order valence-corrected chi connectivity index (χ4v) is 4.17. The zero-order valence-corrected chi connectivity index (χ0v) is 21.1. The molecule has 0 aliphatic rings. The van der Waals surface area contributed by atoms with Crippen LogP contribution in [0, 0.1) is 0 Å². The summed E-state index contributed by atoms with van der Waals surface area (Å²) in [6.07, 6.45) is 1.47. The molecule has 0 unspecified atom stereocenters. The third-order valence-electron chi connectivity index (χ3n) is 6.04. The molecule has 1 aromatic heterocycles. The predicted octanol–water partition coefficient (Wildman–Crippen LogP) is 5.16. The first kappa shape index (κ1) is 25.3. The van der Waals surface area contributed by atoms with E-state index in [0.29, 0.717) is 39.4 Å². The number of hydrogen-bond acceptors (Lipinski definition) is 5. The van der Waals surface area contributed by atoms with E-state index in [0.717, 1.165) is 0 Å². The van der Waals surface area contributed by atoms with Gasteiger partial charge in [0.1, 0.15) is 17.2 Å². The van der Waals surface area contributed by atoms with E-state index in [4.69, 9.17) is 9.47 Å². The van der Waals surface area contributed by atoms with Crippen molar-refractivity contribution in [3.05, 3.63) is 125 Å². The Kier molecular flexibility index (Phi) is 7.36. The minimum atomic E-state index is -0.489. The van der Waals surface area contributed by atoms with Crippen LogP contribution < -0.4 is 25.7 Å². The number of benzene rings is 4. The molecular formula is C31H25N3O5. The van der Waals surface area contributed by atoms with Crippen LogP contribution in [0.3, 0.4) is 0 Å². The Labute approximate surface area is 224 Å². The van der Waals surface area contributed by atoms with Gasteiger partial charge in [-0.2, -0.15) is 0 Å². The van der Waals surface area contributed by atoms with E-state index in [1.165, 1.54) is 17.9 Å². The van der Waals surface area contributed by atoms with Crippen molar-refractivity contribution in [3.63, 3.8) is 0 Å². The number of nitrogens with one attached hydrogen (secondary N) is 2. The van der Waals surface area contributed by atoms with Gasteiger partial charge < -0.3 is 20.1 Å². The number of aromatic nitrogens is 1. The second kappa shape index (κ2) is 11.4. The third-order valence-corrected chi connectivity index (χ3v) is 6.04. The summed E-state index contributed by atoms with van der Waals surface area (Å²) in [4.78, 5) is 39.1. The highest BCUT2D eigenvalue weighted by Crippen LogP contribution is 2.24. The molecule has 4 aromatic carbocycles. The average molecular weight is 520 g/mol. The third kappa shape index (κ3) is 5.65. The van der Waals surface area contributed by atoms with Crippen LogP contribution in [0.5, 0.6) is 17.2 Å². The van der Waals surface area contributed by atoms with Crippen LogP contribution in [0.25, 0.3) is 16.5 Å². The van der Waals surface area contributed by atoms with Gasteiger partial charge in [-0.05, 0) is 54.6 Å². The van der Waals surface area contributed by atoms with Gasteiger partial charge in [-0.3, -0.25) is 19.0 Å². The molecule has 0 aliphatic heterocycles. The van der Waals surface area contributed by atoms with Crippen LogP contribution in [-0.4, -0.2) is 30.0 Å². The van der Waals surface area contributed by atoms with E-state index in [1.807, 2.05) is 30.3 Å². The second-order valence-electron chi connectivity index (χ2n) is 8.61. The van der Waals surface area contributed by atoms with Crippen LogP contribution in [-0.2, 0) is 4.79 Å². The molecule has 2 amide bonds. The van der Waals surface area contributed by atoms with Crippen LogP contribution >= 0.6 is 0 Å². The molecule has 0 fully saturated rings. The summed E-state index contributed by atoms with van der Waals surface area (Å²) in [6, 6.07) is 30.2. The van der Waals surface area contributed by atoms with Crippen LogP contribution in [0.1, 0.15) is 10.4 Å². The fraction of sp³-hybridized carbons (Fsp3) is 0.0645. The highest BCUT2D eigenvalue weighted by Gasteiger charge is 2.18. The topological polar surface area (TPSA) is 98.7 Å². The molecule has 2 N–H and O–H groups in total. The number of pyridine rings is 1. The Bertz CT molecular complexity index is 1700. The smallest absolute Gasteiger partial charge is 0.263 e. The Morgan fingerprint density at radius 3 is 2.15 bits per heavy atom. The maximum atomic E-state index is 13.3. The van der Waals surface area contributed by atoms with Crippen LogP contribution in [0.15, 0.2) is 114 Å². The lowest BCUT2D eigenvalue weighted by Gasteiger charge is -2.15. The van der Waals surface area contributed by atoms with Crippen LogP contribution in [0.4, 0.5) is 5.69 Å². The molecule has 0 aliphatic carbocycles. The number of hydrogen-bond donors (Lipinski definition) is 2. The quantitative estimate of drug-likeness (QED) is 0.295. The van der Waals surface area contributed by atoms with Gasteiger partial charge in [0.2, 0.25) is 5.91 Å². The van der Waals surface area contributed by atoms with Crippen molar-refractivity contribution in [2.75, 3.05) is 19.0 Å². The molecule has 5 aromatic rings. The van der Waals surface area contributed by atoms with Gasteiger partial charge in [0, 0.05) is 22.7 Å². The van der Waals surface area contributed by atoms with Gasteiger partial charge in [-0.1, -0.05) is 48.5 Å². The monoisotopic (exact) mass is 519 g/mol. The molecular weight excluding hydrogens is 494 g/mol. The minimum Gasteiger partial charge on any atom is -0.495 e. The number of methoxy groups -OCH3 is 1. The number of rotatable bonds is 8. The molecule has 1 heterocycles. The summed E-state index contributed by atoms with van der Waals surface area (Å²) in [7, 11) is 1.51. The van der Waals surface area contributed by atoms with E-state index >= 15 is 0 Å². The lowest BCUT2D eigenvalue weighted by Crippen LogP contribution is -2.34. The molecule has 194 valence electrons. The number of amides is 2. The van der Waals surface area contributed by atoms with Crippen molar-refractivity contribution >= 4 is 28.3 Å². The lowest BCUT2D eigenvalue weighted by atomic mass is 10.1. The number of para-hydroxylation sites is 3. The molecule has 5 rings (SSSR count). The molecule has 8 heteroatoms. The number of carbonyl (C=O) groups excluding carboxylic acids is 2. The molecule has 8 nitrogen and oxygen atoms in total. The van der Waals surface area contributed by atoms with Gasteiger partial charge in [0.25, 0.3) is 11.5 Å². The Hall–Kier alpha value is -5.37. The van der Waals surface area contributed by atoms with Gasteiger partial charge in [-0.25, -0.2) is 0 Å². The Balaban J connectivity index is 1.31. The summed E-state index contributed by atoms with van der Waals surface area (Å²) in [5, 5.41) is 6.28. The summed E-state index contributed by atoms with van der Waals surface area (Å²) in [6.45, 7) is -0.261. The predicted molar refractivity (Wildman–Crippen MR) is 150 cm³/mol. The first-order valence-corrected chi connectivity index (χ1v) is 12.2. The summed E-state index contributed by atoms with van der Waals surface area (Å²) in [5.74, 6) is 0.936. The van der Waals surface area contributed by atoms with E-state index in [9.17, 15) is 14.4 Å². The normalized spacial score (nSPS) is 10.6. The molecule has 0 spiro atoms.